The van der Waals surface area contributed by atoms with Gasteiger partial charge in [0.15, 0.2) is 0 Å². The number of carbonyl (C=O) groups excluding carboxylic acids is 3. The lowest BCUT2D eigenvalue weighted by molar-refractivity contribution is -0.156. The monoisotopic (exact) mass is 530 g/mol. The van der Waals surface area contributed by atoms with Gasteiger partial charge in [-0.3, -0.25) is 9.59 Å². The van der Waals surface area contributed by atoms with Gasteiger partial charge < -0.3 is 25.2 Å². The van der Waals surface area contributed by atoms with Gasteiger partial charge in [-0.25, -0.2) is 4.79 Å². The van der Waals surface area contributed by atoms with Crippen molar-refractivity contribution in [3.05, 3.63) is 95.6 Å². The van der Waals surface area contributed by atoms with E-state index in [1.165, 1.54) is 0 Å². The van der Waals surface area contributed by atoms with Gasteiger partial charge in [0, 0.05) is 5.92 Å². The van der Waals surface area contributed by atoms with Crippen molar-refractivity contribution in [1.82, 2.24) is 10.6 Å². The van der Waals surface area contributed by atoms with E-state index in [0.717, 1.165) is 22.3 Å². The molecule has 39 heavy (non-hydrogen) atoms. The van der Waals surface area contributed by atoms with Gasteiger partial charge in [0.05, 0.1) is 19.1 Å². The number of carbonyl (C=O) groups is 3. The maximum absolute atomic E-state index is 13.2. The number of fused-ring (bicyclic) bond motifs is 3. The van der Waals surface area contributed by atoms with Gasteiger partial charge in [-0.05, 0) is 48.6 Å². The Morgan fingerprint density at radius 3 is 1.97 bits per heavy atom. The van der Waals surface area contributed by atoms with Crippen LogP contribution >= 0.6 is 0 Å². The lowest BCUT2D eigenvalue weighted by Gasteiger charge is -2.24. The van der Waals surface area contributed by atoms with E-state index in [0.29, 0.717) is 5.56 Å². The largest absolute Gasteiger partial charge is 0.460 e. The Bertz CT molecular complexity index is 1270. The number of rotatable bonds is 9. The zero-order valence-corrected chi connectivity index (χ0v) is 22.3. The zero-order chi connectivity index (χ0) is 28.0. The molecule has 4 rings (SSSR count). The quantitative estimate of drug-likeness (QED) is 0.352. The van der Waals surface area contributed by atoms with Crippen LogP contribution in [0, 0.1) is 0 Å². The topological polar surface area (TPSA) is 114 Å². The first-order valence-corrected chi connectivity index (χ1v) is 13.0. The van der Waals surface area contributed by atoms with E-state index in [-0.39, 0.29) is 19.1 Å². The molecular weight excluding hydrogens is 496 g/mol. The lowest BCUT2D eigenvalue weighted by Crippen LogP contribution is -2.50. The van der Waals surface area contributed by atoms with Crippen molar-refractivity contribution in [2.24, 2.45) is 0 Å². The standard InChI is InChI=1S/C31H34N2O6/c1-31(2,3)39-28(35)17-26(29(36)32-27(18-34)20-11-5-4-6-12-20)33-30(37)38-19-25-23-15-9-7-13-21(23)22-14-8-10-16-24(22)25/h4-16,25-27,34H,17-19H2,1-3H3,(H,32,36)(H,33,37)/t26-,27+/m0/s1. The van der Waals surface area contributed by atoms with E-state index in [2.05, 4.69) is 10.6 Å². The van der Waals surface area contributed by atoms with Gasteiger partial charge in [-0.2, -0.15) is 0 Å². The summed E-state index contributed by atoms with van der Waals surface area (Å²) in [6, 6.07) is 22.9. The smallest absolute Gasteiger partial charge is 0.407 e. The molecule has 3 aromatic rings. The minimum Gasteiger partial charge on any atom is -0.460 e. The highest BCUT2D eigenvalue weighted by Gasteiger charge is 2.32. The fraction of sp³-hybridized carbons (Fsp3) is 0.323. The van der Waals surface area contributed by atoms with E-state index in [4.69, 9.17) is 9.47 Å². The van der Waals surface area contributed by atoms with Crippen molar-refractivity contribution in [1.29, 1.82) is 0 Å². The molecule has 0 saturated carbocycles. The van der Waals surface area contributed by atoms with Crippen LogP contribution in [0.25, 0.3) is 11.1 Å². The van der Waals surface area contributed by atoms with Gasteiger partial charge in [0.2, 0.25) is 5.91 Å². The van der Waals surface area contributed by atoms with Crippen LogP contribution in [0.5, 0.6) is 0 Å². The molecule has 3 N–H and O–H groups in total. The molecule has 8 nitrogen and oxygen atoms in total. The molecular formula is C31H34N2O6. The van der Waals surface area contributed by atoms with Crippen molar-refractivity contribution in [3.63, 3.8) is 0 Å². The summed E-state index contributed by atoms with van der Waals surface area (Å²) < 4.78 is 11.0. The third-order valence-corrected chi connectivity index (χ3v) is 6.44. The van der Waals surface area contributed by atoms with E-state index in [1.54, 1.807) is 45.0 Å². The maximum Gasteiger partial charge on any atom is 0.407 e. The van der Waals surface area contributed by atoms with Crippen LogP contribution in [0.4, 0.5) is 4.79 Å². The highest BCUT2D eigenvalue weighted by Crippen LogP contribution is 2.44. The summed E-state index contributed by atoms with van der Waals surface area (Å²) in [6.07, 6.45) is -1.24. The predicted octanol–water partition coefficient (Wildman–Crippen LogP) is 4.48. The first kappa shape index (κ1) is 27.9. The predicted molar refractivity (Wildman–Crippen MR) is 147 cm³/mol. The van der Waals surface area contributed by atoms with Gasteiger partial charge >= 0.3 is 12.1 Å². The summed E-state index contributed by atoms with van der Waals surface area (Å²) in [5, 5.41) is 15.1. The molecule has 0 aromatic heterocycles. The summed E-state index contributed by atoms with van der Waals surface area (Å²) >= 11 is 0. The molecule has 0 heterocycles. The highest BCUT2D eigenvalue weighted by atomic mass is 16.6. The molecule has 0 aliphatic heterocycles. The number of esters is 1. The minimum atomic E-state index is -1.27. The average Bonchev–Trinajstić information content (AvgIpc) is 3.23. The van der Waals surface area contributed by atoms with Crippen molar-refractivity contribution < 1.29 is 29.0 Å². The highest BCUT2D eigenvalue weighted by molar-refractivity contribution is 5.90. The van der Waals surface area contributed by atoms with Crippen LogP contribution < -0.4 is 10.6 Å². The Morgan fingerprint density at radius 1 is 0.846 bits per heavy atom. The number of aliphatic hydroxyl groups is 1. The Labute approximate surface area is 228 Å². The van der Waals surface area contributed by atoms with Crippen molar-refractivity contribution >= 4 is 18.0 Å². The van der Waals surface area contributed by atoms with Crippen LogP contribution in [0.15, 0.2) is 78.9 Å². The van der Waals surface area contributed by atoms with Crippen LogP contribution in [0.3, 0.4) is 0 Å². The second kappa shape index (κ2) is 12.1. The number of benzene rings is 3. The second-order valence-corrected chi connectivity index (χ2v) is 10.5. The van der Waals surface area contributed by atoms with Crippen LogP contribution in [0.1, 0.15) is 55.8 Å². The van der Waals surface area contributed by atoms with E-state index >= 15 is 0 Å². The summed E-state index contributed by atoms with van der Waals surface area (Å²) in [6.45, 7) is 4.85. The fourth-order valence-corrected chi connectivity index (χ4v) is 4.73. The molecule has 0 spiro atoms. The van der Waals surface area contributed by atoms with E-state index in [1.807, 2.05) is 54.6 Å². The molecule has 3 aromatic carbocycles. The molecule has 0 saturated heterocycles. The lowest BCUT2D eigenvalue weighted by atomic mass is 9.98. The SMILES string of the molecule is CC(C)(C)OC(=O)C[C@H](NC(=O)OCC1c2ccccc2-c2ccccc21)C(=O)N[C@H](CO)c1ccccc1. The molecule has 0 bridgehead atoms. The minimum absolute atomic E-state index is 0.0594. The van der Waals surface area contributed by atoms with Crippen molar-refractivity contribution in [2.45, 2.75) is 50.8 Å². The zero-order valence-electron chi connectivity index (χ0n) is 22.3. The number of amides is 2. The first-order valence-electron chi connectivity index (χ1n) is 13.0. The number of alkyl carbamates (subject to hydrolysis) is 1. The Kier molecular flexibility index (Phi) is 8.66. The molecule has 1 aliphatic rings. The number of hydrogen-bond acceptors (Lipinski definition) is 6. The maximum atomic E-state index is 13.2. The Hall–Kier alpha value is -4.17. The van der Waals surface area contributed by atoms with Gasteiger partial charge in [0.1, 0.15) is 18.2 Å². The third kappa shape index (κ3) is 7.03. The van der Waals surface area contributed by atoms with Crippen molar-refractivity contribution in [3.8, 4) is 11.1 Å². The van der Waals surface area contributed by atoms with Gasteiger partial charge in [0.25, 0.3) is 0 Å². The average molecular weight is 531 g/mol. The van der Waals surface area contributed by atoms with E-state index in [9.17, 15) is 19.5 Å². The molecule has 0 radical (unpaired) electrons. The number of ether oxygens (including phenoxy) is 2. The number of hydrogen-bond donors (Lipinski definition) is 3. The van der Waals surface area contributed by atoms with Crippen LogP contribution in [0.2, 0.25) is 0 Å². The molecule has 2 atom stereocenters. The summed E-state index contributed by atoms with van der Waals surface area (Å²) in [5.74, 6) is -1.45. The second-order valence-electron chi connectivity index (χ2n) is 10.5. The van der Waals surface area contributed by atoms with Crippen LogP contribution in [-0.4, -0.2) is 47.9 Å². The third-order valence-electron chi connectivity index (χ3n) is 6.44. The molecule has 2 amide bonds. The normalized spacial score (nSPS) is 13.9. The van der Waals surface area contributed by atoms with E-state index < -0.39 is 42.1 Å². The van der Waals surface area contributed by atoms with Gasteiger partial charge in [-0.1, -0.05) is 78.9 Å². The Morgan fingerprint density at radius 2 is 1.41 bits per heavy atom. The Balaban J connectivity index is 1.46. The summed E-state index contributed by atoms with van der Waals surface area (Å²) in [7, 11) is 0. The fourth-order valence-electron chi connectivity index (χ4n) is 4.73. The summed E-state index contributed by atoms with van der Waals surface area (Å²) in [4.78, 5) is 38.7. The van der Waals surface area contributed by atoms with Gasteiger partial charge in [-0.15, -0.1) is 0 Å². The van der Waals surface area contributed by atoms with Crippen molar-refractivity contribution in [2.75, 3.05) is 13.2 Å². The molecule has 1 aliphatic carbocycles. The first-order chi connectivity index (χ1) is 18.7. The molecule has 0 fully saturated rings. The molecule has 8 heteroatoms. The van der Waals surface area contributed by atoms with Crippen LogP contribution in [-0.2, 0) is 19.1 Å². The summed E-state index contributed by atoms with van der Waals surface area (Å²) in [5.41, 5.74) is 4.23. The number of aliphatic hydroxyl groups excluding tert-OH is 1. The molecule has 0 unspecified atom stereocenters. The number of nitrogens with one attached hydrogen (secondary N) is 2. The molecule has 204 valence electrons.